The number of nitrogens with zero attached hydrogens (tertiary/aromatic N) is 2. The fraction of sp³-hybridized carbons (Fsp3) is 0.375. The zero-order valence-corrected chi connectivity index (χ0v) is 14.4. The van der Waals surface area contributed by atoms with Crippen LogP contribution >= 0.6 is 11.3 Å². The molecule has 2 heterocycles. The van der Waals surface area contributed by atoms with Crippen molar-refractivity contribution < 1.29 is 14.3 Å². The first-order valence-corrected chi connectivity index (χ1v) is 8.21. The number of ether oxygens (including phenoxy) is 2. The second-order valence-corrected chi connectivity index (χ2v) is 6.18. The van der Waals surface area contributed by atoms with Crippen molar-refractivity contribution in [2.75, 3.05) is 26.6 Å². The number of fused-ring (bicyclic) bond motifs is 1. The van der Waals surface area contributed by atoms with Gasteiger partial charge in [0.25, 0.3) is 5.91 Å². The summed E-state index contributed by atoms with van der Waals surface area (Å²) in [5.74, 6) is 1.05. The van der Waals surface area contributed by atoms with Gasteiger partial charge in [-0.15, -0.1) is 11.3 Å². The number of nitrogens with one attached hydrogen (secondary N) is 1. The van der Waals surface area contributed by atoms with E-state index in [4.69, 9.17) is 9.47 Å². The summed E-state index contributed by atoms with van der Waals surface area (Å²) in [7, 11) is 4.90. The Morgan fingerprint density at radius 2 is 2.00 bits per heavy atom. The van der Waals surface area contributed by atoms with Gasteiger partial charge in [0.1, 0.15) is 6.17 Å². The fourth-order valence-corrected chi connectivity index (χ4v) is 3.38. The predicted octanol–water partition coefficient (Wildman–Crippen LogP) is 2.92. The van der Waals surface area contributed by atoms with E-state index in [1.54, 1.807) is 49.6 Å². The summed E-state index contributed by atoms with van der Waals surface area (Å²) in [6, 6.07) is 3.49. The average molecular weight is 333 g/mol. The van der Waals surface area contributed by atoms with Crippen molar-refractivity contribution in [3.63, 3.8) is 0 Å². The van der Waals surface area contributed by atoms with Gasteiger partial charge in [-0.05, 0) is 12.5 Å². The molecule has 23 heavy (non-hydrogen) atoms. The van der Waals surface area contributed by atoms with E-state index in [1.165, 1.54) is 0 Å². The number of thiazole rings is 1. The Morgan fingerprint density at radius 3 is 2.61 bits per heavy atom. The van der Waals surface area contributed by atoms with E-state index in [9.17, 15) is 4.79 Å². The van der Waals surface area contributed by atoms with Crippen LogP contribution in [0.3, 0.4) is 0 Å². The standard InChI is InChI=1S/C16H19N3O3S/c1-5-14-17-11(8-23-14)15-18-10-7-13(22-4)12(21-3)6-9(10)16(20)19(15)2/h6-8,15,18H,5H2,1-4H3/t15-/m1/s1. The summed E-state index contributed by atoms with van der Waals surface area (Å²) in [5.41, 5.74) is 2.14. The number of anilines is 1. The van der Waals surface area contributed by atoms with Crippen molar-refractivity contribution in [1.29, 1.82) is 0 Å². The molecule has 1 N–H and O–H groups in total. The van der Waals surface area contributed by atoms with Crippen LogP contribution in [0.4, 0.5) is 5.69 Å². The number of carbonyl (C=O) groups is 1. The van der Waals surface area contributed by atoms with Crippen molar-refractivity contribution in [3.8, 4) is 11.5 Å². The number of carbonyl (C=O) groups excluding carboxylic acids is 1. The lowest BCUT2D eigenvalue weighted by Crippen LogP contribution is -2.40. The molecule has 122 valence electrons. The molecule has 7 heteroatoms. The Labute approximate surface area is 139 Å². The number of amides is 1. The minimum Gasteiger partial charge on any atom is -0.493 e. The topological polar surface area (TPSA) is 63.7 Å². The monoisotopic (exact) mass is 333 g/mol. The van der Waals surface area contributed by atoms with E-state index in [-0.39, 0.29) is 12.1 Å². The third-order valence-electron chi connectivity index (χ3n) is 3.91. The maximum Gasteiger partial charge on any atom is 0.257 e. The largest absolute Gasteiger partial charge is 0.493 e. The fourth-order valence-electron chi connectivity index (χ4n) is 2.61. The molecule has 1 aromatic heterocycles. The molecule has 2 aromatic rings. The van der Waals surface area contributed by atoms with Crippen LogP contribution in [-0.4, -0.2) is 37.1 Å². The van der Waals surface area contributed by atoms with Gasteiger partial charge in [-0.3, -0.25) is 4.79 Å². The Morgan fingerprint density at radius 1 is 1.30 bits per heavy atom. The molecule has 1 amide bonds. The van der Waals surface area contributed by atoms with Gasteiger partial charge in [-0.2, -0.15) is 0 Å². The molecule has 1 atom stereocenters. The summed E-state index contributed by atoms with van der Waals surface area (Å²) in [6.45, 7) is 2.07. The number of hydrogen-bond acceptors (Lipinski definition) is 6. The van der Waals surface area contributed by atoms with Crippen molar-refractivity contribution in [2.45, 2.75) is 19.5 Å². The first kappa shape index (κ1) is 15.6. The van der Waals surface area contributed by atoms with Crippen LogP contribution in [0.25, 0.3) is 0 Å². The number of benzene rings is 1. The van der Waals surface area contributed by atoms with Crippen molar-refractivity contribution in [3.05, 3.63) is 33.8 Å². The van der Waals surface area contributed by atoms with E-state index in [0.29, 0.717) is 17.1 Å². The van der Waals surface area contributed by atoms with E-state index >= 15 is 0 Å². The highest BCUT2D eigenvalue weighted by atomic mass is 32.1. The molecular formula is C16H19N3O3S. The highest BCUT2D eigenvalue weighted by Gasteiger charge is 2.33. The molecule has 1 aliphatic rings. The molecule has 0 fully saturated rings. The van der Waals surface area contributed by atoms with Gasteiger partial charge in [0, 0.05) is 18.5 Å². The molecule has 1 aliphatic heterocycles. The molecule has 6 nitrogen and oxygen atoms in total. The Balaban J connectivity index is 2.02. The zero-order valence-electron chi connectivity index (χ0n) is 13.5. The number of methoxy groups -OCH3 is 2. The summed E-state index contributed by atoms with van der Waals surface area (Å²) in [5, 5.41) is 6.42. The van der Waals surface area contributed by atoms with E-state index in [1.807, 2.05) is 5.38 Å². The maximum absolute atomic E-state index is 12.7. The van der Waals surface area contributed by atoms with Crippen LogP contribution in [0.15, 0.2) is 17.5 Å². The number of aryl methyl sites for hydroxylation is 1. The molecule has 0 radical (unpaired) electrons. The molecule has 3 rings (SSSR count). The van der Waals surface area contributed by atoms with Gasteiger partial charge < -0.3 is 19.7 Å². The Hall–Kier alpha value is -2.28. The van der Waals surface area contributed by atoms with Crippen LogP contribution in [0.1, 0.15) is 34.1 Å². The lowest BCUT2D eigenvalue weighted by Gasteiger charge is -2.34. The van der Waals surface area contributed by atoms with Gasteiger partial charge in [0.05, 0.1) is 36.2 Å². The molecular weight excluding hydrogens is 314 g/mol. The first-order valence-electron chi connectivity index (χ1n) is 7.33. The quantitative estimate of drug-likeness (QED) is 0.932. The average Bonchev–Trinajstić information content (AvgIpc) is 3.05. The number of aromatic nitrogens is 1. The third-order valence-corrected chi connectivity index (χ3v) is 4.92. The number of rotatable bonds is 4. The van der Waals surface area contributed by atoms with Gasteiger partial charge in [-0.25, -0.2) is 4.98 Å². The van der Waals surface area contributed by atoms with Crippen LogP contribution in [0.5, 0.6) is 11.5 Å². The minimum absolute atomic E-state index is 0.0734. The highest BCUT2D eigenvalue weighted by molar-refractivity contribution is 7.09. The lowest BCUT2D eigenvalue weighted by molar-refractivity contribution is 0.0732. The summed E-state index contributed by atoms with van der Waals surface area (Å²) in [6.07, 6.45) is 0.598. The summed E-state index contributed by atoms with van der Waals surface area (Å²) >= 11 is 1.61. The molecule has 0 saturated heterocycles. The second-order valence-electron chi connectivity index (χ2n) is 5.24. The molecule has 0 spiro atoms. The molecule has 0 saturated carbocycles. The first-order chi connectivity index (χ1) is 11.1. The van der Waals surface area contributed by atoms with Crippen LogP contribution in [0, 0.1) is 0 Å². The van der Waals surface area contributed by atoms with Crippen LogP contribution < -0.4 is 14.8 Å². The Bertz CT molecular complexity index is 744. The van der Waals surface area contributed by atoms with Crippen molar-refractivity contribution in [2.24, 2.45) is 0 Å². The second kappa shape index (κ2) is 6.08. The molecule has 0 aliphatic carbocycles. The molecule has 0 unspecified atom stereocenters. The zero-order chi connectivity index (χ0) is 16.6. The van der Waals surface area contributed by atoms with Crippen LogP contribution in [0.2, 0.25) is 0 Å². The van der Waals surface area contributed by atoms with E-state index in [2.05, 4.69) is 17.2 Å². The highest BCUT2D eigenvalue weighted by Crippen LogP contribution is 2.39. The SMILES string of the molecule is CCc1nc([C@@H]2Nc3cc(OC)c(OC)cc3C(=O)N2C)cs1. The van der Waals surface area contributed by atoms with Crippen molar-refractivity contribution in [1.82, 2.24) is 9.88 Å². The lowest BCUT2D eigenvalue weighted by atomic mass is 10.1. The normalized spacial score (nSPS) is 16.8. The van der Waals surface area contributed by atoms with Crippen molar-refractivity contribution >= 4 is 22.9 Å². The predicted molar refractivity (Wildman–Crippen MR) is 89.5 cm³/mol. The minimum atomic E-state index is -0.287. The summed E-state index contributed by atoms with van der Waals surface area (Å²) in [4.78, 5) is 19.0. The molecule has 1 aromatic carbocycles. The van der Waals surface area contributed by atoms with Gasteiger partial charge in [0.2, 0.25) is 0 Å². The summed E-state index contributed by atoms with van der Waals surface area (Å²) < 4.78 is 10.6. The Kier molecular flexibility index (Phi) is 4.12. The van der Waals surface area contributed by atoms with Gasteiger partial charge >= 0.3 is 0 Å². The van der Waals surface area contributed by atoms with Gasteiger partial charge in [0.15, 0.2) is 11.5 Å². The third kappa shape index (κ3) is 2.61. The van der Waals surface area contributed by atoms with E-state index < -0.39 is 0 Å². The van der Waals surface area contributed by atoms with E-state index in [0.717, 1.165) is 22.8 Å². The smallest absolute Gasteiger partial charge is 0.257 e. The number of hydrogen-bond donors (Lipinski definition) is 1. The molecule has 0 bridgehead atoms. The van der Waals surface area contributed by atoms with Gasteiger partial charge in [-0.1, -0.05) is 6.92 Å². The maximum atomic E-state index is 12.7. The van der Waals surface area contributed by atoms with Crippen LogP contribution in [-0.2, 0) is 6.42 Å².